The topological polar surface area (TPSA) is 157 Å². The molecule has 0 amide bonds. The van der Waals surface area contributed by atoms with Gasteiger partial charge in [-0.15, -0.1) is 22.7 Å². The van der Waals surface area contributed by atoms with Crippen LogP contribution in [0.1, 0.15) is 75.5 Å². The number of hydrogen-bond donors (Lipinski definition) is 3. The van der Waals surface area contributed by atoms with Crippen molar-refractivity contribution in [3.63, 3.8) is 0 Å². The van der Waals surface area contributed by atoms with Crippen LogP contribution in [-0.2, 0) is 15.1 Å². The molecule has 0 aliphatic heterocycles. The molecule has 0 saturated heterocycles. The van der Waals surface area contributed by atoms with Crippen LogP contribution in [-0.4, -0.2) is 63.8 Å². The van der Waals surface area contributed by atoms with Crippen molar-refractivity contribution in [2.24, 2.45) is 0 Å². The van der Waals surface area contributed by atoms with E-state index in [1.54, 1.807) is 95.3 Å². The minimum Gasteiger partial charge on any atom is -0.443 e. The number of fused-ring (bicyclic) bond motifs is 4. The highest BCUT2D eigenvalue weighted by Gasteiger charge is 2.30. The predicted molar refractivity (Wildman–Crippen MR) is 258 cm³/mol. The molecule has 4 aromatic carbocycles. The van der Waals surface area contributed by atoms with E-state index in [-0.39, 0.29) is 5.78 Å². The average Bonchev–Trinajstić information content (AvgIpc) is 4.12. The summed E-state index contributed by atoms with van der Waals surface area (Å²) in [5.41, 5.74) is 6.30. The molecule has 0 spiro atoms. The van der Waals surface area contributed by atoms with Gasteiger partial charge in [0.2, 0.25) is 0 Å². The maximum absolute atomic E-state index is 13.5. The van der Waals surface area contributed by atoms with Gasteiger partial charge in [-0.05, 0) is 125 Å². The molecule has 328 valence electrons. The molecule has 10 aromatic rings. The summed E-state index contributed by atoms with van der Waals surface area (Å²) in [5.74, 6) is -0.126. The normalized spacial score (nSPS) is 12.9. The molecule has 1 unspecified atom stereocenters. The summed E-state index contributed by atoms with van der Waals surface area (Å²) in [7, 11) is 0. The fourth-order valence-electron chi connectivity index (χ4n) is 7.67. The Labute approximate surface area is 382 Å². The van der Waals surface area contributed by atoms with Crippen molar-refractivity contribution in [2.45, 2.75) is 65.3 Å². The molecule has 0 aliphatic carbocycles. The number of aromatic nitrogens is 6. The molecular weight excluding hydrogens is 857 g/mol. The second-order valence-electron chi connectivity index (χ2n) is 17.8. The van der Waals surface area contributed by atoms with Crippen LogP contribution in [0.25, 0.3) is 65.0 Å². The number of carbonyl (C=O) groups is 3. The minimum absolute atomic E-state index is 0.126. The third-order valence-corrected chi connectivity index (χ3v) is 12.5. The highest BCUT2D eigenvalue weighted by Crippen LogP contribution is 2.38. The predicted octanol–water partition coefficient (Wildman–Crippen LogP) is 12.5. The van der Waals surface area contributed by atoms with E-state index >= 15 is 0 Å². The van der Waals surface area contributed by atoms with Crippen LogP contribution in [0.5, 0.6) is 0 Å². The summed E-state index contributed by atoms with van der Waals surface area (Å²) >= 11 is 3.08. The van der Waals surface area contributed by atoms with Gasteiger partial charge in [0.1, 0.15) is 28.2 Å². The molecule has 0 radical (unpaired) electrons. The molecule has 10 rings (SSSR count). The quantitative estimate of drug-likeness (QED) is 0.139. The van der Waals surface area contributed by atoms with Crippen LogP contribution in [0.4, 0.5) is 9.59 Å². The van der Waals surface area contributed by atoms with Crippen LogP contribution < -0.4 is 0 Å². The van der Waals surface area contributed by atoms with Gasteiger partial charge < -0.3 is 19.6 Å². The number of nitrogens with zero attached hydrogens (tertiary/aromatic N) is 4. The van der Waals surface area contributed by atoms with E-state index in [1.165, 1.54) is 20.6 Å². The lowest BCUT2D eigenvalue weighted by molar-refractivity contribution is 0.0520. The minimum atomic E-state index is -1.04. The van der Waals surface area contributed by atoms with E-state index in [9.17, 15) is 19.5 Å². The van der Waals surface area contributed by atoms with Crippen molar-refractivity contribution in [3.8, 4) is 22.8 Å². The smallest absolute Gasteiger partial charge is 0.435 e. The maximum atomic E-state index is 13.5. The third-order valence-electron chi connectivity index (χ3n) is 10.7. The zero-order valence-corrected chi connectivity index (χ0v) is 38.4. The lowest BCUT2D eigenvalue weighted by Gasteiger charge is -2.24. The first-order valence-corrected chi connectivity index (χ1v) is 22.7. The number of H-pyrrole nitrogens is 2. The Kier molecular flexibility index (Phi) is 10.9. The number of rotatable bonds is 6. The van der Waals surface area contributed by atoms with E-state index in [0.717, 1.165) is 43.6 Å². The summed E-state index contributed by atoms with van der Waals surface area (Å²) in [4.78, 5) is 43.1. The highest BCUT2D eigenvalue weighted by molar-refractivity contribution is 7.18. The summed E-state index contributed by atoms with van der Waals surface area (Å²) in [6, 6.07) is 37.7. The van der Waals surface area contributed by atoms with Crippen LogP contribution >= 0.6 is 22.7 Å². The molecule has 0 saturated carbocycles. The Morgan fingerprint density at radius 3 is 2.02 bits per heavy atom. The Morgan fingerprint density at radius 1 is 0.615 bits per heavy atom. The SMILES string of the molecule is CC(C)(C)OC(=O)n1nc(-c2cc3cc(C(=O)c4ccccc4)ccc3n2C(=O)OC(C)(C)C)c2sccc21.CC(O)(c1ccccc1)c1ccc2[nH]c(-c3n[nH]c4ccsc34)cc2c1. The Bertz CT molecular complexity index is 3390. The van der Waals surface area contributed by atoms with Crippen molar-refractivity contribution in [2.75, 3.05) is 0 Å². The van der Waals surface area contributed by atoms with Gasteiger partial charge in [0, 0.05) is 27.4 Å². The molecule has 12 nitrogen and oxygen atoms in total. The molecule has 1 atom stereocenters. The van der Waals surface area contributed by atoms with Crippen LogP contribution in [0.2, 0.25) is 0 Å². The lowest BCUT2D eigenvalue weighted by Crippen LogP contribution is -2.28. The largest absolute Gasteiger partial charge is 0.443 e. The van der Waals surface area contributed by atoms with E-state index in [0.29, 0.717) is 43.6 Å². The number of carbonyl (C=O) groups excluding carboxylic acids is 3. The van der Waals surface area contributed by atoms with Gasteiger partial charge in [-0.2, -0.15) is 14.9 Å². The maximum Gasteiger partial charge on any atom is 0.435 e. The van der Waals surface area contributed by atoms with E-state index < -0.39 is 29.0 Å². The van der Waals surface area contributed by atoms with E-state index in [1.807, 2.05) is 85.1 Å². The first-order chi connectivity index (χ1) is 30.9. The molecule has 6 heterocycles. The summed E-state index contributed by atoms with van der Waals surface area (Å²) in [5, 5.41) is 28.8. The van der Waals surface area contributed by atoms with Gasteiger partial charge in [-0.25, -0.2) is 14.2 Å². The molecule has 3 N–H and O–H groups in total. The first kappa shape index (κ1) is 43.1. The third kappa shape index (κ3) is 8.51. The second-order valence-corrected chi connectivity index (χ2v) is 19.7. The zero-order valence-electron chi connectivity index (χ0n) is 36.8. The Balaban J connectivity index is 0.000000177. The van der Waals surface area contributed by atoms with E-state index in [4.69, 9.17) is 9.47 Å². The molecule has 0 bridgehead atoms. The van der Waals surface area contributed by atoms with Crippen molar-refractivity contribution >= 4 is 82.9 Å². The number of thiophene rings is 2. The second kappa shape index (κ2) is 16.5. The van der Waals surface area contributed by atoms with Gasteiger partial charge in [0.15, 0.2) is 5.78 Å². The number of ether oxygens (including phenoxy) is 2. The van der Waals surface area contributed by atoms with Crippen molar-refractivity contribution in [1.29, 1.82) is 0 Å². The number of nitrogens with one attached hydrogen (secondary N) is 2. The summed E-state index contributed by atoms with van der Waals surface area (Å²) in [6.07, 6.45) is -1.21. The first-order valence-electron chi connectivity index (χ1n) is 21.0. The Hall–Kier alpha value is -7.13. The standard InChI is InChI=1S/C30H29N3O5S.C21H17N3OS/c1-29(2,3)37-27(35)32-21-13-12-19(25(34)18-10-8-7-9-11-18)16-20(21)17-23(32)24-26-22(14-15-39-26)33(31-24)28(36)38-30(4,5)6;1-21(25,14-5-3-2-4-6-14)15-7-8-16-13(11-15)12-18(22-16)19-20-17(23-24-19)9-10-26-20/h7-17H,1-6H3;2-12,22,25H,1H3,(H,23,24). The molecule has 0 aliphatic rings. The average molecular weight is 903 g/mol. The van der Waals surface area contributed by atoms with Crippen molar-refractivity contribution in [3.05, 3.63) is 154 Å². The summed E-state index contributed by atoms with van der Waals surface area (Å²) < 4.78 is 15.8. The van der Waals surface area contributed by atoms with Crippen molar-refractivity contribution < 1.29 is 29.0 Å². The number of ketones is 1. The molecule has 0 fully saturated rings. The van der Waals surface area contributed by atoms with Crippen molar-refractivity contribution in [1.82, 2.24) is 29.5 Å². The van der Waals surface area contributed by atoms with Crippen LogP contribution in [0.3, 0.4) is 0 Å². The van der Waals surface area contributed by atoms with Gasteiger partial charge in [-0.3, -0.25) is 9.89 Å². The van der Waals surface area contributed by atoms with Crippen LogP contribution in [0.15, 0.2) is 132 Å². The number of benzene rings is 4. The molecular formula is C51H46N6O6S2. The van der Waals surface area contributed by atoms with E-state index in [2.05, 4.69) is 31.7 Å². The van der Waals surface area contributed by atoms with Gasteiger partial charge in [-0.1, -0.05) is 66.7 Å². The summed E-state index contributed by atoms with van der Waals surface area (Å²) in [6.45, 7) is 12.6. The van der Waals surface area contributed by atoms with Gasteiger partial charge in [0.25, 0.3) is 0 Å². The monoisotopic (exact) mass is 902 g/mol. The zero-order chi connectivity index (χ0) is 45.8. The lowest BCUT2D eigenvalue weighted by atomic mass is 9.88. The van der Waals surface area contributed by atoms with Crippen LogP contribution in [0, 0.1) is 0 Å². The fraction of sp³-hybridized carbons (Fsp3) is 0.196. The number of aliphatic hydroxyl groups is 1. The molecule has 6 aromatic heterocycles. The number of aromatic amines is 2. The molecule has 65 heavy (non-hydrogen) atoms. The highest BCUT2D eigenvalue weighted by atomic mass is 32.1. The van der Waals surface area contributed by atoms with Gasteiger partial charge >= 0.3 is 12.2 Å². The number of hydrogen-bond acceptors (Lipinski definition) is 10. The Morgan fingerprint density at radius 2 is 1.29 bits per heavy atom. The fourth-order valence-corrected chi connectivity index (χ4v) is 9.38. The van der Waals surface area contributed by atoms with Gasteiger partial charge in [0.05, 0.1) is 37.3 Å². The molecule has 14 heteroatoms.